The van der Waals surface area contributed by atoms with Gasteiger partial charge in [-0.3, -0.25) is 4.98 Å². The minimum Gasteiger partial charge on any atom is -0.358 e. The van der Waals surface area contributed by atoms with Gasteiger partial charge in [0.25, 0.3) is 0 Å². The van der Waals surface area contributed by atoms with Crippen LogP contribution < -0.4 is 10.6 Å². The Morgan fingerprint density at radius 2 is 1.93 bits per heavy atom. The van der Waals surface area contributed by atoms with Crippen LogP contribution in [0.3, 0.4) is 0 Å². The predicted molar refractivity (Wildman–Crippen MR) is 54.7 cm³/mol. The summed E-state index contributed by atoms with van der Waals surface area (Å²) in [5.74, 6) is 2.13. The molecule has 0 amide bonds. The molecule has 74 valence electrons. The van der Waals surface area contributed by atoms with Gasteiger partial charge in [0.2, 0.25) is 11.9 Å². The zero-order valence-electron chi connectivity index (χ0n) is 8.05. The molecule has 4 N–H and O–H groups in total. The summed E-state index contributed by atoms with van der Waals surface area (Å²) in [7, 11) is 1.78. The minimum atomic E-state index is 0.608. The Bertz CT molecular complexity index is 415. The van der Waals surface area contributed by atoms with E-state index >= 15 is 0 Å². The Balaban J connectivity index is 2.10. The highest BCUT2D eigenvalue weighted by molar-refractivity contribution is 5.49. The zero-order valence-corrected chi connectivity index (χ0v) is 8.05. The van der Waals surface area contributed by atoms with Crippen molar-refractivity contribution in [3.05, 3.63) is 17.8 Å². The third kappa shape index (κ3) is 1.68. The Hall–Kier alpha value is -1.98. The molecule has 0 aliphatic carbocycles. The number of hydrogen-bond acceptors (Lipinski definition) is 4. The van der Waals surface area contributed by atoms with Gasteiger partial charge in [-0.1, -0.05) is 0 Å². The standard InChI is InChI=1S/C8H12N6/c1-5-3-4-6(10-5)11-8-12-7(9-2)13-14-8/h3-4,10H,1-2H3,(H3,9,11,12,13,14). The first-order valence-corrected chi connectivity index (χ1v) is 4.31. The monoisotopic (exact) mass is 192 g/mol. The second-order valence-corrected chi connectivity index (χ2v) is 2.95. The first kappa shape index (κ1) is 8.61. The SMILES string of the molecule is CNc1nnc(Nc2ccc(C)[nH]2)[nH]1. The maximum Gasteiger partial charge on any atom is 0.228 e. The van der Waals surface area contributed by atoms with Crippen molar-refractivity contribution in [3.63, 3.8) is 0 Å². The molecule has 0 fully saturated rings. The van der Waals surface area contributed by atoms with Crippen LogP contribution in [0.15, 0.2) is 12.1 Å². The van der Waals surface area contributed by atoms with Gasteiger partial charge in [0.15, 0.2) is 0 Å². The van der Waals surface area contributed by atoms with Gasteiger partial charge in [0.1, 0.15) is 5.82 Å². The van der Waals surface area contributed by atoms with E-state index in [1.165, 1.54) is 0 Å². The lowest BCUT2D eigenvalue weighted by Crippen LogP contribution is -1.93. The maximum atomic E-state index is 3.89. The lowest BCUT2D eigenvalue weighted by atomic mass is 10.5. The average Bonchev–Trinajstić information content (AvgIpc) is 2.76. The molecule has 2 aromatic heterocycles. The summed E-state index contributed by atoms with van der Waals surface area (Å²) in [6, 6.07) is 3.93. The molecule has 0 bridgehead atoms. The van der Waals surface area contributed by atoms with Crippen molar-refractivity contribution in [1.82, 2.24) is 20.2 Å². The van der Waals surface area contributed by atoms with E-state index in [9.17, 15) is 0 Å². The van der Waals surface area contributed by atoms with Gasteiger partial charge >= 0.3 is 0 Å². The fourth-order valence-corrected chi connectivity index (χ4v) is 1.14. The number of aromatic amines is 2. The molecule has 0 aliphatic rings. The van der Waals surface area contributed by atoms with E-state index in [0.29, 0.717) is 11.9 Å². The summed E-state index contributed by atoms with van der Waals surface area (Å²) < 4.78 is 0. The number of aryl methyl sites for hydroxylation is 1. The Labute approximate surface area is 81.1 Å². The summed E-state index contributed by atoms with van der Waals surface area (Å²) in [5.41, 5.74) is 1.10. The van der Waals surface area contributed by atoms with E-state index in [0.717, 1.165) is 11.5 Å². The Morgan fingerprint density at radius 1 is 1.14 bits per heavy atom. The first-order chi connectivity index (χ1) is 6.78. The molecule has 14 heavy (non-hydrogen) atoms. The van der Waals surface area contributed by atoms with E-state index in [1.54, 1.807) is 7.05 Å². The Morgan fingerprint density at radius 3 is 2.50 bits per heavy atom. The molecule has 0 saturated carbocycles. The molecule has 0 radical (unpaired) electrons. The average molecular weight is 192 g/mol. The first-order valence-electron chi connectivity index (χ1n) is 4.31. The van der Waals surface area contributed by atoms with Gasteiger partial charge < -0.3 is 15.6 Å². The van der Waals surface area contributed by atoms with Gasteiger partial charge in [-0.2, -0.15) is 0 Å². The van der Waals surface area contributed by atoms with Crippen molar-refractivity contribution in [3.8, 4) is 0 Å². The fourth-order valence-electron chi connectivity index (χ4n) is 1.14. The van der Waals surface area contributed by atoms with Crippen LogP contribution in [0.2, 0.25) is 0 Å². The number of aromatic nitrogens is 4. The van der Waals surface area contributed by atoms with Crippen molar-refractivity contribution in [2.75, 3.05) is 17.7 Å². The molecule has 0 saturated heterocycles. The number of nitrogens with one attached hydrogen (secondary N) is 4. The summed E-state index contributed by atoms with van der Waals surface area (Å²) in [6.07, 6.45) is 0. The number of hydrogen-bond donors (Lipinski definition) is 4. The molecule has 2 rings (SSSR count). The third-order valence-electron chi connectivity index (χ3n) is 1.81. The molecule has 0 spiro atoms. The highest BCUT2D eigenvalue weighted by Gasteiger charge is 2.01. The number of anilines is 3. The topological polar surface area (TPSA) is 81.4 Å². The van der Waals surface area contributed by atoms with Crippen LogP contribution in [-0.2, 0) is 0 Å². The van der Waals surface area contributed by atoms with Crippen LogP contribution in [0.25, 0.3) is 0 Å². The van der Waals surface area contributed by atoms with Crippen molar-refractivity contribution >= 4 is 17.7 Å². The van der Waals surface area contributed by atoms with E-state index < -0.39 is 0 Å². The van der Waals surface area contributed by atoms with Crippen molar-refractivity contribution < 1.29 is 0 Å². The van der Waals surface area contributed by atoms with Gasteiger partial charge in [-0.25, -0.2) is 0 Å². The van der Waals surface area contributed by atoms with Gasteiger partial charge in [-0.15, -0.1) is 10.2 Å². The molecule has 0 aromatic carbocycles. The molecule has 2 aromatic rings. The lowest BCUT2D eigenvalue weighted by molar-refractivity contribution is 1.09. The van der Waals surface area contributed by atoms with E-state index in [4.69, 9.17) is 0 Å². The molecular formula is C8H12N6. The molecular weight excluding hydrogens is 180 g/mol. The number of H-pyrrole nitrogens is 2. The summed E-state index contributed by atoms with van der Waals surface area (Å²) in [6.45, 7) is 1.99. The summed E-state index contributed by atoms with van der Waals surface area (Å²) >= 11 is 0. The van der Waals surface area contributed by atoms with Crippen LogP contribution in [0.4, 0.5) is 17.7 Å². The highest BCUT2D eigenvalue weighted by Crippen LogP contribution is 2.12. The van der Waals surface area contributed by atoms with Crippen LogP contribution in [0.5, 0.6) is 0 Å². The second kappa shape index (κ2) is 3.41. The maximum absolute atomic E-state index is 3.89. The van der Waals surface area contributed by atoms with Crippen molar-refractivity contribution in [1.29, 1.82) is 0 Å². The number of rotatable bonds is 3. The molecule has 2 heterocycles. The number of nitrogens with zero attached hydrogens (tertiary/aromatic N) is 2. The highest BCUT2D eigenvalue weighted by atomic mass is 15.3. The third-order valence-corrected chi connectivity index (χ3v) is 1.81. The van der Waals surface area contributed by atoms with Gasteiger partial charge in [0.05, 0.1) is 0 Å². The second-order valence-electron chi connectivity index (χ2n) is 2.95. The van der Waals surface area contributed by atoms with Crippen molar-refractivity contribution in [2.24, 2.45) is 0 Å². The smallest absolute Gasteiger partial charge is 0.228 e. The normalized spacial score (nSPS) is 10.1. The van der Waals surface area contributed by atoms with Crippen LogP contribution in [-0.4, -0.2) is 27.2 Å². The van der Waals surface area contributed by atoms with Crippen LogP contribution in [0, 0.1) is 6.92 Å². The summed E-state index contributed by atoms with van der Waals surface area (Å²) in [5, 5.41) is 13.7. The quantitative estimate of drug-likeness (QED) is 0.589. The van der Waals surface area contributed by atoms with E-state index in [2.05, 4.69) is 30.8 Å². The molecule has 0 unspecified atom stereocenters. The summed E-state index contributed by atoms with van der Waals surface area (Å²) in [4.78, 5) is 6.09. The Kier molecular flexibility index (Phi) is 2.10. The van der Waals surface area contributed by atoms with E-state index in [-0.39, 0.29) is 0 Å². The molecule has 0 atom stereocenters. The molecule has 6 heteroatoms. The largest absolute Gasteiger partial charge is 0.358 e. The lowest BCUT2D eigenvalue weighted by Gasteiger charge is -1.97. The van der Waals surface area contributed by atoms with Crippen LogP contribution >= 0.6 is 0 Å². The fraction of sp³-hybridized carbons (Fsp3) is 0.250. The zero-order chi connectivity index (χ0) is 9.97. The predicted octanol–water partition coefficient (Wildman–Crippen LogP) is 1.23. The van der Waals surface area contributed by atoms with Crippen LogP contribution in [0.1, 0.15) is 5.69 Å². The van der Waals surface area contributed by atoms with Gasteiger partial charge in [0, 0.05) is 12.7 Å². The molecule has 6 nitrogen and oxygen atoms in total. The van der Waals surface area contributed by atoms with E-state index in [1.807, 2.05) is 19.1 Å². The minimum absolute atomic E-state index is 0.608. The van der Waals surface area contributed by atoms with Gasteiger partial charge in [-0.05, 0) is 19.1 Å². The molecule has 0 aliphatic heterocycles. The van der Waals surface area contributed by atoms with Crippen molar-refractivity contribution in [2.45, 2.75) is 6.92 Å².